The van der Waals surface area contributed by atoms with Crippen molar-refractivity contribution >= 4 is 40.4 Å². The number of fused-ring (bicyclic) bond motifs is 1. The molecule has 38 heavy (non-hydrogen) atoms. The van der Waals surface area contributed by atoms with E-state index in [1.807, 2.05) is 6.92 Å². The highest BCUT2D eigenvalue weighted by molar-refractivity contribution is 7.66. The average molecular weight is 606 g/mol. The molecule has 19 nitrogen and oxygen atoms in total. The molecular weight excluding hydrogens is 577 g/mol. The number of nitrogens with zero attached hydrogens (tertiary/aromatic N) is 4. The number of aliphatic hydroxyl groups excluding tert-OH is 2. The van der Waals surface area contributed by atoms with Crippen molar-refractivity contribution in [2.24, 2.45) is 5.73 Å². The lowest BCUT2D eigenvalue weighted by Gasteiger charge is -2.36. The third kappa shape index (κ3) is 7.21. The molecule has 0 spiro atoms. The first-order chi connectivity index (χ1) is 17.5. The number of imidazole rings is 1. The van der Waals surface area contributed by atoms with Crippen LogP contribution in [0.2, 0.25) is 0 Å². The zero-order chi connectivity index (χ0) is 28.5. The van der Waals surface area contributed by atoms with Crippen molar-refractivity contribution in [2.45, 2.75) is 62.7 Å². The molecule has 3 rings (SSSR count). The van der Waals surface area contributed by atoms with Gasteiger partial charge in [-0.25, -0.2) is 28.6 Å². The fourth-order valence-electron chi connectivity index (χ4n) is 4.02. The number of nitrogen functional groups attached to an aromatic ring is 1. The zero-order valence-electron chi connectivity index (χ0n) is 19.8. The van der Waals surface area contributed by atoms with Gasteiger partial charge in [-0.05, 0) is 6.42 Å². The van der Waals surface area contributed by atoms with Crippen molar-refractivity contribution in [2.75, 3.05) is 12.3 Å². The summed E-state index contributed by atoms with van der Waals surface area (Å²) in [5.41, 5.74) is 10.6. The molecule has 2 aromatic rings. The van der Waals surface area contributed by atoms with Crippen LogP contribution in [-0.4, -0.2) is 80.3 Å². The van der Waals surface area contributed by atoms with Crippen LogP contribution >= 0.6 is 23.5 Å². The van der Waals surface area contributed by atoms with Crippen LogP contribution < -0.4 is 11.5 Å². The number of phosphoric ester groups is 1. The Balaban J connectivity index is 1.88. The van der Waals surface area contributed by atoms with Crippen molar-refractivity contribution in [3.8, 4) is 0 Å². The fourth-order valence-corrected chi connectivity index (χ4v) is 7.05. The predicted molar refractivity (Wildman–Crippen MR) is 127 cm³/mol. The van der Waals surface area contributed by atoms with E-state index in [-0.39, 0.29) is 23.4 Å². The Kier molecular flexibility index (Phi) is 9.51. The molecule has 216 valence electrons. The average Bonchev–Trinajstić information content (AvgIpc) is 3.31. The second-order valence-electron chi connectivity index (χ2n) is 8.48. The second-order valence-corrected chi connectivity index (χ2v) is 12.9. The van der Waals surface area contributed by atoms with Crippen LogP contribution in [-0.2, 0) is 37.3 Å². The predicted octanol–water partition coefficient (Wildman–Crippen LogP) is -0.567. The Morgan fingerprint density at radius 3 is 2.45 bits per heavy atom. The van der Waals surface area contributed by atoms with Gasteiger partial charge < -0.3 is 46.0 Å². The fraction of sp³-hybridized carbons (Fsp3) is 0.688. The molecule has 0 bridgehead atoms. The minimum atomic E-state index is -5.76. The van der Waals surface area contributed by atoms with E-state index >= 15 is 0 Å². The Bertz CT molecular complexity index is 1270. The summed E-state index contributed by atoms with van der Waals surface area (Å²) in [7, 11) is -16.9. The quantitative estimate of drug-likeness (QED) is 0.132. The normalized spacial score (nSPS) is 28.3. The van der Waals surface area contributed by atoms with E-state index in [2.05, 4.69) is 28.1 Å². The zero-order valence-corrected chi connectivity index (χ0v) is 22.5. The summed E-state index contributed by atoms with van der Waals surface area (Å²) in [4.78, 5) is 48.5. The summed E-state index contributed by atoms with van der Waals surface area (Å²) in [5, 5.41) is 21.9. The van der Waals surface area contributed by atoms with Gasteiger partial charge in [-0.1, -0.05) is 19.8 Å². The van der Waals surface area contributed by atoms with Crippen LogP contribution in [0.4, 0.5) is 5.82 Å². The van der Waals surface area contributed by atoms with Crippen molar-refractivity contribution in [1.82, 2.24) is 19.5 Å². The highest BCUT2D eigenvalue weighted by Crippen LogP contribution is 2.66. The van der Waals surface area contributed by atoms with E-state index in [1.165, 1.54) is 10.9 Å². The van der Waals surface area contributed by atoms with Gasteiger partial charge in [0.2, 0.25) is 0 Å². The number of phosphoric acid groups is 3. The van der Waals surface area contributed by atoms with Crippen LogP contribution in [0.5, 0.6) is 0 Å². The van der Waals surface area contributed by atoms with Gasteiger partial charge in [-0.2, -0.15) is 8.62 Å². The molecule has 0 aliphatic carbocycles. The number of unbranched alkanes of at least 4 members (excludes halogenated alkanes) is 1. The molecule has 1 aliphatic rings. The Hall–Kier alpha value is -1.40. The Morgan fingerprint density at radius 2 is 1.82 bits per heavy atom. The summed E-state index contributed by atoms with van der Waals surface area (Å²) in [6.45, 7) is 0.951. The van der Waals surface area contributed by atoms with Crippen LogP contribution in [0.15, 0.2) is 12.7 Å². The highest BCUT2D eigenvalue weighted by atomic mass is 31.3. The lowest BCUT2D eigenvalue weighted by atomic mass is 9.93. The SMILES string of the molecule is CCCCC(N)C[C@@]1(n2cnc3c(N)ncnc32)O[C@H](COP(=O)(O)OP(=O)(O)OP(=O)(O)O)[C@@H](O)[C@H]1O. The smallest absolute Gasteiger partial charge is 0.387 e. The van der Waals surface area contributed by atoms with Crippen LogP contribution in [0, 0.1) is 0 Å². The standard InChI is InChI=1S/C16H29N6O13P3/c1-2-3-4-9(17)5-16(22-8-21-11-14(18)19-7-20-15(11)22)13(24)12(23)10(33-16)6-32-37(28,29)35-38(30,31)34-36(25,26)27/h7-10,12-13,23-24H,2-6,17H2,1H3,(H,28,29)(H,30,31)(H2,18,19,20)(H2,25,26,27)/t9?,10-,12-,13-,16-/m1/s1. The molecule has 3 unspecified atom stereocenters. The summed E-state index contributed by atoms with van der Waals surface area (Å²) in [5.74, 6) is 0.0245. The first kappa shape index (κ1) is 31.1. The Labute approximate surface area is 215 Å². The molecule has 0 amide bonds. The molecule has 10 N–H and O–H groups in total. The second kappa shape index (κ2) is 11.6. The van der Waals surface area contributed by atoms with E-state index in [9.17, 15) is 33.7 Å². The van der Waals surface area contributed by atoms with Crippen LogP contribution in [0.3, 0.4) is 0 Å². The van der Waals surface area contributed by atoms with E-state index in [4.69, 9.17) is 26.0 Å². The van der Waals surface area contributed by atoms with E-state index in [0.29, 0.717) is 6.42 Å². The minimum absolute atomic E-state index is 0.0245. The summed E-state index contributed by atoms with van der Waals surface area (Å²) >= 11 is 0. The van der Waals surface area contributed by atoms with Gasteiger partial charge >= 0.3 is 23.5 Å². The summed E-state index contributed by atoms with van der Waals surface area (Å²) in [6.07, 6.45) is -0.667. The summed E-state index contributed by atoms with van der Waals surface area (Å²) < 4.78 is 53.7. The summed E-state index contributed by atoms with van der Waals surface area (Å²) in [6, 6.07) is -0.564. The maximum absolute atomic E-state index is 12.1. The van der Waals surface area contributed by atoms with Crippen molar-refractivity contribution in [3.05, 3.63) is 12.7 Å². The number of ether oxygens (including phenoxy) is 1. The van der Waals surface area contributed by atoms with Gasteiger partial charge in [0.1, 0.15) is 30.2 Å². The van der Waals surface area contributed by atoms with Gasteiger partial charge in [-0.3, -0.25) is 9.09 Å². The third-order valence-corrected chi connectivity index (χ3v) is 9.40. The molecule has 1 fully saturated rings. The molecule has 7 atom stereocenters. The molecule has 0 saturated carbocycles. The van der Waals surface area contributed by atoms with Gasteiger partial charge in [0.25, 0.3) is 0 Å². The number of aromatic nitrogens is 4. The molecule has 1 saturated heterocycles. The number of hydrogen-bond donors (Lipinski definition) is 8. The Morgan fingerprint density at radius 1 is 1.13 bits per heavy atom. The molecule has 22 heteroatoms. The molecule has 1 aliphatic heterocycles. The van der Waals surface area contributed by atoms with Crippen molar-refractivity contribution in [3.63, 3.8) is 0 Å². The highest BCUT2D eigenvalue weighted by Gasteiger charge is 2.57. The van der Waals surface area contributed by atoms with E-state index in [0.717, 1.165) is 19.2 Å². The van der Waals surface area contributed by atoms with Crippen LogP contribution in [0.1, 0.15) is 32.6 Å². The number of hydrogen-bond acceptors (Lipinski definition) is 14. The van der Waals surface area contributed by atoms with Gasteiger partial charge in [0.15, 0.2) is 17.2 Å². The van der Waals surface area contributed by atoms with Crippen LogP contribution in [0.25, 0.3) is 11.2 Å². The number of nitrogens with two attached hydrogens (primary N) is 2. The maximum Gasteiger partial charge on any atom is 0.490 e. The lowest BCUT2D eigenvalue weighted by Crippen LogP contribution is -2.49. The first-order valence-electron chi connectivity index (χ1n) is 11.0. The number of anilines is 1. The van der Waals surface area contributed by atoms with E-state index in [1.54, 1.807) is 0 Å². The van der Waals surface area contributed by atoms with Crippen molar-refractivity contribution < 1.29 is 61.4 Å². The molecule has 3 heterocycles. The molecule has 2 aromatic heterocycles. The van der Waals surface area contributed by atoms with Gasteiger partial charge in [-0.15, -0.1) is 0 Å². The topological polar surface area (TPSA) is 305 Å². The maximum atomic E-state index is 12.1. The molecule has 0 radical (unpaired) electrons. The third-order valence-electron chi connectivity index (χ3n) is 5.59. The number of aliphatic hydroxyl groups is 2. The minimum Gasteiger partial charge on any atom is -0.387 e. The molecule has 0 aromatic carbocycles. The first-order valence-corrected chi connectivity index (χ1v) is 15.5. The van der Waals surface area contributed by atoms with Gasteiger partial charge in [0, 0.05) is 12.5 Å². The lowest BCUT2D eigenvalue weighted by molar-refractivity contribution is -0.153. The molecular formula is C16H29N6O13P3. The number of rotatable bonds is 13. The van der Waals surface area contributed by atoms with E-state index < -0.39 is 60.2 Å². The van der Waals surface area contributed by atoms with Gasteiger partial charge in [0.05, 0.1) is 12.9 Å². The van der Waals surface area contributed by atoms with Crippen molar-refractivity contribution in [1.29, 1.82) is 0 Å². The monoisotopic (exact) mass is 606 g/mol. The largest absolute Gasteiger partial charge is 0.490 e.